The van der Waals surface area contributed by atoms with Crippen molar-refractivity contribution in [3.63, 3.8) is 0 Å². The van der Waals surface area contributed by atoms with Crippen LogP contribution in [0.4, 0.5) is 24.5 Å². The summed E-state index contributed by atoms with van der Waals surface area (Å²) in [5.41, 5.74) is 0.676. The molecule has 2 saturated heterocycles. The zero-order valence-corrected chi connectivity index (χ0v) is 25.3. The van der Waals surface area contributed by atoms with Crippen LogP contribution >= 0.6 is 11.3 Å². The van der Waals surface area contributed by atoms with Gasteiger partial charge in [0.2, 0.25) is 5.95 Å². The number of ether oxygens (including phenoxy) is 3. The molecule has 4 aromatic rings. The van der Waals surface area contributed by atoms with Crippen molar-refractivity contribution in [2.75, 3.05) is 43.6 Å². The number of carbonyl (C=O) groups is 1. The van der Waals surface area contributed by atoms with E-state index in [1.54, 1.807) is 27.0 Å². The molecule has 11 nitrogen and oxygen atoms in total. The number of hydrogen-bond donors (Lipinski definition) is 1. The predicted molar refractivity (Wildman–Crippen MR) is 160 cm³/mol. The van der Waals surface area contributed by atoms with E-state index in [2.05, 4.69) is 38.3 Å². The Bertz CT molecular complexity index is 1880. The molecule has 6 heterocycles. The summed E-state index contributed by atoms with van der Waals surface area (Å²) in [4.78, 5) is 30.4. The van der Waals surface area contributed by atoms with Gasteiger partial charge >= 0.3 is 6.09 Å². The van der Waals surface area contributed by atoms with E-state index in [-0.39, 0.29) is 50.6 Å². The van der Waals surface area contributed by atoms with Crippen molar-refractivity contribution in [3.8, 4) is 17.3 Å². The lowest BCUT2D eigenvalue weighted by Crippen LogP contribution is -2.64. The smallest absolute Gasteiger partial charge is 0.412 e. The Labute approximate surface area is 255 Å². The van der Waals surface area contributed by atoms with Crippen LogP contribution in [0.1, 0.15) is 37.5 Å². The van der Waals surface area contributed by atoms with Crippen molar-refractivity contribution < 1.29 is 27.8 Å². The van der Waals surface area contributed by atoms with Gasteiger partial charge < -0.3 is 19.1 Å². The molecule has 0 atom stereocenters. The number of likely N-dealkylation sites (N-methyl/N-ethyl adjacent to an activating group) is 1. The Morgan fingerprint density at radius 1 is 1.16 bits per heavy atom. The molecule has 3 aromatic heterocycles. The van der Waals surface area contributed by atoms with Crippen molar-refractivity contribution in [2.24, 2.45) is 0 Å². The van der Waals surface area contributed by atoms with Gasteiger partial charge in [-0.25, -0.2) is 23.5 Å². The number of hydrogen-bond acceptors (Lipinski definition) is 11. The number of nitrogens with one attached hydrogen (secondary N) is 1. The first-order valence-corrected chi connectivity index (χ1v) is 15.0. The van der Waals surface area contributed by atoms with E-state index in [9.17, 15) is 10.1 Å². The molecule has 1 aromatic carbocycles. The minimum absolute atomic E-state index is 0.0407. The summed E-state index contributed by atoms with van der Waals surface area (Å²) < 4.78 is 48.3. The second-order valence-corrected chi connectivity index (χ2v) is 13.2. The van der Waals surface area contributed by atoms with Gasteiger partial charge in [-0.15, -0.1) is 11.3 Å². The Hall–Kier alpha value is -4.03. The highest BCUT2D eigenvalue weighted by Crippen LogP contribution is 2.46. The van der Waals surface area contributed by atoms with E-state index < -0.39 is 23.3 Å². The van der Waals surface area contributed by atoms with Crippen LogP contribution in [0.2, 0.25) is 0 Å². The largest absolute Gasteiger partial charge is 0.444 e. The van der Waals surface area contributed by atoms with Crippen LogP contribution in [0.25, 0.3) is 32.2 Å². The molecule has 0 unspecified atom stereocenters. The maximum absolute atomic E-state index is 16.7. The Morgan fingerprint density at radius 2 is 1.91 bits per heavy atom. The molecule has 7 rings (SSSR count). The molecule has 0 radical (unpaired) electrons. The third-order valence-electron chi connectivity index (χ3n) is 8.24. The number of halogens is 2. The lowest BCUT2D eigenvalue weighted by molar-refractivity contribution is -0.0725. The van der Waals surface area contributed by atoms with Gasteiger partial charge in [-0.1, -0.05) is 0 Å². The molecule has 3 aliphatic rings. The molecule has 2 fully saturated rings. The number of fused-ring (bicyclic) bond motifs is 4. The summed E-state index contributed by atoms with van der Waals surface area (Å²) in [6.45, 7) is 8.27. The van der Waals surface area contributed by atoms with Crippen LogP contribution in [-0.4, -0.2) is 77.0 Å². The fraction of sp³-hybridized carbons (Fsp3) is 0.433. The first-order chi connectivity index (χ1) is 21.0. The summed E-state index contributed by atoms with van der Waals surface area (Å²) in [6, 6.07) is 2.77. The number of nitriles is 1. The number of pyridine rings is 1. The number of rotatable bonds is 5. The number of aromatic nitrogens is 3. The topological polar surface area (TPSA) is 126 Å². The molecule has 228 valence electrons. The van der Waals surface area contributed by atoms with E-state index in [0.717, 1.165) is 30.7 Å². The molecule has 0 saturated carbocycles. The fourth-order valence-corrected chi connectivity index (χ4v) is 6.83. The maximum atomic E-state index is 16.7. The Morgan fingerprint density at radius 3 is 2.59 bits per heavy atom. The van der Waals surface area contributed by atoms with E-state index in [0.29, 0.717) is 47.6 Å². The highest BCUT2D eigenvalue weighted by Gasteiger charge is 2.38. The number of carbonyl (C=O) groups excluding carboxylic acids is 1. The van der Waals surface area contributed by atoms with Crippen molar-refractivity contribution in [2.45, 2.75) is 51.7 Å². The molecule has 14 heteroatoms. The molecule has 1 amide bonds. The van der Waals surface area contributed by atoms with Gasteiger partial charge in [0.15, 0.2) is 11.6 Å². The third-order valence-corrected chi connectivity index (χ3v) is 9.35. The number of thiophene rings is 1. The average Bonchev–Trinajstić information content (AvgIpc) is 3.52. The van der Waals surface area contributed by atoms with Gasteiger partial charge in [-0.2, -0.15) is 5.26 Å². The summed E-state index contributed by atoms with van der Waals surface area (Å²) in [5, 5.41) is 13.4. The van der Waals surface area contributed by atoms with Gasteiger partial charge in [0.1, 0.15) is 22.2 Å². The summed E-state index contributed by atoms with van der Waals surface area (Å²) in [6.07, 6.45) is 1.82. The fourth-order valence-electron chi connectivity index (χ4n) is 5.79. The second kappa shape index (κ2) is 10.6. The van der Waals surface area contributed by atoms with Crippen LogP contribution < -0.4 is 10.2 Å². The van der Waals surface area contributed by atoms with Crippen LogP contribution in [0, 0.1) is 23.0 Å². The molecule has 0 bridgehead atoms. The minimum Gasteiger partial charge on any atom is -0.444 e. The molecular weight excluding hydrogens is 592 g/mol. The van der Waals surface area contributed by atoms with Crippen molar-refractivity contribution in [3.05, 3.63) is 40.7 Å². The zero-order valence-electron chi connectivity index (χ0n) is 24.5. The molecule has 44 heavy (non-hydrogen) atoms. The summed E-state index contributed by atoms with van der Waals surface area (Å²) in [7, 11) is 2.08. The van der Waals surface area contributed by atoms with Gasteiger partial charge in [0.25, 0.3) is 0 Å². The van der Waals surface area contributed by atoms with Crippen LogP contribution in [0.5, 0.6) is 0 Å². The molecule has 1 N–H and O–H groups in total. The summed E-state index contributed by atoms with van der Waals surface area (Å²) >= 11 is 0.861. The molecule has 0 aliphatic carbocycles. The van der Waals surface area contributed by atoms with Crippen LogP contribution in [0.3, 0.4) is 0 Å². The average molecular weight is 622 g/mol. The number of anilines is 2. The predicted octanol–water partition coefficient (Wildman–Crippen LogP) is 4.95. The summed E-state index contributed by atoms with van der Waals surface area (Å²) in [5.74, 6) is -0.956. The van der Waals surface area contributed by atoms with Crippen molar-refractivity contribution in [1.82, 2.24) is 19.9 Å². The van der Waals surface area contributed by atoms with E-state index >= 15 is 8.78 Å². The van der Waals surface area contributed by atoms with Crippen LogP contribution in [-0.2, 0) is 27.4 Å². The quantitative estimate of drug-likeness (QED) is 0.327. The maximum Gasteiger partial charge on any atom is 0.412 e. The van der Waals surface area contributed by atoms with E-state index in [1.807, 2.05) is 4.90 Å². The van der Waals surface area contributed by atoms with Crippen LogP contribution in [0.15, 0.2) is 12.4 Å². The first kappa shape index (κ1) is 28.7. The van der Waals surface area contributed by atoms with Gasteiger partial charge in [-0.3, -0.25) is 15.2 Å². The SMILES string of the molecule is CN(C1COC1)C1CN(c2ncc3c4c(c(-c5ncc(F)c6sc(NC(=O)OC(C)(C)C)c(C#N)c56)c(F)c3n2)COC4)C1. The molecule has 0 spiro atoms. The standard InChI is InChI=1S/C30H29F2N7O4S/c1-30(2,3)43-29(40)37-27-16(5-33)22-25(34-7-20(31)26(22)44-27)21-19-13-42-12-18(19)17-6-35-28(36-24(17)23(21)32)39-8-14(9-39)38(4)15-10-41-11-15/h6-7,14-15H,8-13H2,1-4H3,(H,37,40). The zero-order chi connectivity index (χ0) is 30.9. The Kier molecular flexibility index (Phi) is 6.89. The van der Waals surface area contributed by atoms with Crippen molar-refractivity contribution >= 4 is 49.4 Å². The normalized spacial score (nSPS) is 17.1. The Balaban J connectivity index is 1.32. The highest BCUT2D eigenvalue weighted by atomic mass is 32.1. The van der Waals surface area contributed by atoms with Gasteiger partial charge in [0, 0.05) is 41.7 Å². The third kappa shape index (κ3) is 4.71. The minimum atomic E-state index is -0.800. The van der Waals surface area contributed by atoms with Gasteiger partial charge in [0.05, 0.1) is 54.6 Å². The highest BCUT2D eigenvalue weighted by molar-refractivity contribution is 7.23. The lowest BCUT2D eigenvalue weighted by Gasteiger charge is -2.48. The van der Waals surface area contributed by atoms with E-state index in [1.165, 1.54) is 0 Å². The lowest BCUT2D eigenvalue weighted by atomic mass is 9.94. The monoisotopic (exact) mass is 621 g/mol. The molecule has 3 aliphatic heterocycles. The number of benzene rings is 1. The van der Waals surface area contributed by atoms with E-state index in [4.69, 9.17) is 14.2 Å². The van der Waals surface area contributed by atoms with Gasteiger partial charge in [-0.05, 0) is 38.9 Å². The van der Waals surface area contributed by atoms with Crippen molar-refractivity contribution in [1.29, 1.82) is 5.26 Å². The number of amides is 1. The second-order valence-electron chi connectivity index (χ2n) is 12.2. The first-order valence-electron chi connectivity index (χ1n) is 14.2. The number of nitrogens with zero attached hydrogens (tertiary/aromatic N) is 6. The molecular formula is C30H29F2N7O4S.